The van der Waals surface area contributed by atoms with Crippen LogP contribution >= 0.6 is 11.3 Å². The van der Waals surface area contributed by atoms with Crippen molar-refractivity contribution in [2.45, 2.75) is 18.9 Å². The minimum absolute atomic E-state index is 0.174. The van der Waals surface area contributed by atoms with Gasteiger partial charge in [-0.25, -0.2) is 0 Å². The smallest absolute Gasteiger partial charge is 0.119 e. The minimum atomic E-state index is 0.174. The summed E-state index contributed by atoms with van der Waals surface area (Å²) in [6.45, 7) is 0.676. The number of thiophene rings is 1. The Hall–Kier alpha value is -1.32. The molecule has 0 aliphatic carbocycles. The van der Waals surface area contributed by atoms with Gasteiger partial charge in [0, 0.05) is 6.04 Å². The van der Waals surface area contributed by atoms with Crippen molar-refractivity contribution in [3.8, 4) is 5.75 Å². The van der Waals surface area contributed by atoms with Crippen LogP contribution in [0.3, 0.4) is 0 Å². The number of rotatable bonds is 6. The molecule has 0 radical (unpaired) electrons. The van der Waals surface area contributed by atoms with E-state index in [0.29, 0.717) is 6.61 Å². The fraction of sp³-hybridized carbons (Fsp3) is 0.286. The molecule has 1 aromatic heterocycles. The third-order valence-corrected chi connectivity index (χ3v) is 3.31. The van der Waals surface area contributed by atoms with Crippen molar-refractivity contribution in [1.29, 1.82) is 0 Å². The first-order chi connectivity index (χ1) is 8.34. The summed E-state index contributed by atoms with van der Waals surface area (Å²) in [5, 5.41) is 4.24. The van der Waals surface area contributed by atoms with Crippen molar-refractivity contribution in [2.75, 3.05) is 6.61 Å². The molecule has 2 nitrogen and oxygen atoms in total. The molecule has 0 aliphatic rings. The van der Waals surface area contributed by atoms with E-state index < -0.39 is 0 Å². The first kappa shape index (κ1) is 12.1. The van der Waals surface area contributed by atoms with E-state index in [-0.39, 0.29) is 6.04 Å². The first-order valence-electron chi connectivity index (χ1n) is 5.79. The molecule has 2 aromatic rings. The maximum absolute atomic E-state index is 6.05. The highest BCUT2D eigenvalue weighted by atomic mass is 32.1. The van der Waals surface area contributed by atoms with Crippen LogP contribution in [0.4, 0.5) is 0 Å². The molecule has 90 valence electrons. The van der Waals surface area contributed by atoms with Crippen LogP contribution in [-0.2, 0) is 6.42 Å². The van der Waals surface area contributed by atoms with Gasteiger partial charge < -0.3 is 10.5 Å². The van der Waals surface area contributed by atoms with Gasteiger partial charge in [-0.05, 0) is 47.4 Å². The molecule has 0 aliphatic heterocycles. The summed E-state index contributed by atoms with van der Waals surface area (Å²) in [4.78, 5) is 0. The third kappa shape index (κ3) is 4.21. The van der Waals surface area contributed by atoms with Crippen molar-refractivity contribution in [3.63, 3.8) is 0 Å². The van der Waals surface area contributed by atoms with Crippen LogP contribution in [0.1, 0.15) is 12.0 Å². The van der Waals surface area contributed by atoms with Crippen LogP contribution in [0.5, 0.6) is 5.75 Å². The molecular formula is C14H17NOS. The number of hydrogen-bond acceptors (Lipinski definition) is 3. The molecule has 3 heteroatoms. The van der Waals surface area contributed by atoms with Gasteiger partial charge in [-0.1, -0.05) is 18.2 Å². The Bertz CT molecular complexity index is 413. The lowest BCUT2D eigenvalue weighted by Crippen LogP contribution is -2.25. The van der Waals surface area contributed by atoms with E-state index in [9.17, 15) is 0 Å². The van der Waals surface area contributed by atoms with Crippen molar-refractivity contribution < 1.29 is 4.74 Å². The summed E-state index contributed by atoms with van der Waals surface area (Å²) in [5.74, 6) is 0.912. The second kappa shape index (κ2) is 6.42. The summed E-state index contributed by atoms with van der Waals surface area (Å²) in [6.07, 6.45) is 1.81. The predicted molar refractivity (Wildman–Crippen MR) is 72.6 cm³/mol. The van der Waals surface area contributed by atoms with Gasteiger partial charge in [0.25, 0.3) is 0 Å². The highest BCUT2D eigenvalue weighted by Gasteiger charge is 2.04. The highest BCUT2D eigenvalue weighted by Crippen LogP contribution is 2.11. The monoisotopic (exact) mass is 247 g/mol. The predicted octanol–water partition coefficient (Wildman–Crippen LogP) is 3.09. The average molecular weight is 247 g/mol. The topological polar surface area (TPSA) is 35.2 Å². The summed E-state index contributed by atoms with van der Waals surface area (Å²) in [7, 11) is 0. The van der Waals surface area contributed by atoms with E-state index in [1.54, 1.807) is 11.3 Å². The fourth-order valence-corrected chi connectivity index (χ4v) is 2.34. The van der Waals surface area contributed by atoms with Crippen molar-refractivity contribution in [1.82, 2.24) is 0 Å². The zero-order chi connectivity index (χ0) is 11.9. The largest absolute Gasteiger partial charge is 0.494 e. The lowest BCUT2D eigenvalue weighted by molar-refractivity contribution is 0.297. The molecule has 0 fully saturated rings. The molecule has 1 atom stereocenters. The molecule has 1 aromatic carbocycles. The van der Waals surface area contributed by atoms with E-state index in [4.69, 9.17) is 10.5 Å². The van der Waals surface area contributed by atoms with Crippen LogP contribution < -0.4 is 10.5 Å². The van der Waals surface area contributed by atoms with Gasteiger partial charge in [0.15, 0.2) is 0 Å². The molecule has 0 bridgehead atoms. The Labute approximate surface area is 106 Å². The molecule has 1 unspecified atom stereocenters. The number of ether oxygens (including phenoxy) is 1. The van der Waals surface area contributed by atoms with Gasteiger partial charge in [0.2, 0.25) is 0 Å². The van der Waals surface area contributed by atoms with E-state index in [2.05, 4.69) is 16.8 Å². The molecule has 1 heterocycles. The Balaban J connectivity index is 1.68. The van der Waals surface area contributed by atoms with Gasteiger partial charge in [-0.15, -0.1) is 0 Å². The zero-order valence-electron chi connectivity index (χ0n) is 9.71. The average Bonchev–Trinajstić information content (AvgIpc) is 2.83. The standard InChI is InChI=1S/C14H17NOS/c15-13(10-12-7-9-17-11-12)6-8-16-14-4-2-1-3-5-14/h1-5,7,9,11,13H,6,8,10,15H2. The SMILES string of the molecule is NC(CCOc1ccccc1)Cc1ccsc1. The number of benzene rings is 1. The molecule has 0 saturated heterocycles. The Morgan fingerprint density at radius 2 is 2.00 bits per heavy atom. The van der Waals surface area contributed by atoms with Crippen LogP contribution in [0, 0.1) is 0 Å². The van der Waals surface area contributed by atoms with Gasteiger partial charge in [0.05, 0.1) is 6.61 Å². The quantitative estimate of drug-likeness (QED) is 0.851. The van der Waals surface area contributed by atoms with E-state index >= 15 is 0 Å². The van der Waals surface area contributed by atoms with E-state index in [1.165, 1.54) is 5.56 Å². The van der Waals surface area contributed by atoms with Gasteiger partial charge in [-0.2, -0.15) is 11.3 Å². The minimum Gasteiger partial charge on any atom is -0.494 e. The number of para-hydroxylation sites is 1. The van der Waals surface area contributed by atoms with Crippen molar-refractivity contribution in [3.05, 3.63) is 52.7 Å². The summed E-state index contributed by atoms with van der Waals surface area (Å²) < 4.78 is 5.62. The van der Waals surface area contributed by atoms with Crippen LogP contribution in [0.2, 0.25) is 0 Å². The van der Waals surface area contributed by atoms with Gasteiger partial charge in [0.1, 0.15) is 5.75 Å². The number of hydrogen-bond donors (Lipinski definition) is 1. The third-order valence-electron chi connectivity index (χ3n) is 2.58. The Morgan fingerprint density at radius 1 is 1.18 bits per heavy atom. The molecule has 17 heavy (non-hydrogen) atoms. The van der Waals surface area contributed by atoms with E-state index in [0.717, 1.165) is 18.6 Å². The lowest BCUT2D eigenvalue weighted by Gasteiger charge is -2.11. The normalized spacial score (nSPS) is 12.3. The maximum atomic E-state index is 6.05. The van der Waals surface area contributed by atoms with Gasteiger partial charge >= 0.3 is 0 Å². The van der Waals surface area contributed by atoms with Gasteiger partial charge in [-0.3, -0.25) is 0 Å². The summed E-state index contributed by atoms with van der Waals surface area (Å²) in [6, 6.07) is 12.2. The molecule has 0 spiro atoms. The van der Waals surface area contributed by atoms with Crippen molar-refractivity contribution >= 4 is 11.3 Å². The maximum Gasteiger partial charge on any atom is 0.119 e. The molecule has 0 saturated carbocycles. The summed E-state index contributed by atoms with van der Waals surface area (Å²) >= 11 is 1.72. The second-order valence-corrected chi connectivity index (χ2v) is 4.83. The Kier molecular flexibility index (Phi) is 4.59. The molecule has 2 N–H and O–H groups in total. The van der Waals surface area contributed by atoms with Crippen LogP contribution in [0.15, 0.2) is 47.2 Å². The second-order valence-electron chi connectivity index (χ2n) is 4.05. The molecular weight excluding hydrogens is 230 g/mol. The van der Waals surface area contributed by atoms with Crippen molar-refractivity contribution in [2.24, 2.45) is 5.73 Å². The Morgan fingerprint density at radius 3 is 2.71 bits per heavy atom. The molecule has 2 rings (SSSR count). The number of nitrogens with two attached hydrogens (primary N) is 1. The lowest BCUT2D eigenvalue weighted by atomic mass is 10.1. The van der Waals surface area contributed by atoms with Crippen LogP contribution in [0.25, 0.3) is 0 Å². The zero-order valence-corrected chi connectivity index (χ0v) is 10.5. The van der Waals surface area contributed by atoms with E-state index in [1.807, 2.05) is 30.3 Å². The molecule has 0 amide bonds. The highest BCUT2D eigenvalue weighted by molar-refractivity contribution is 7.07. The fourth-order valence-electron chi connectivity index (χ4n) is 1.66. The first-order valence-corrected chi connectivity index (χ1v) is 6.73. The van der Waals surface area contributed by atoms with Crippen LogP contribution in [-0.4, -0.2) is 12.6 Å². The summed E-state index contributed by atoms with van der Waals surface area (Å²) in [5.41, 5.74) is 7.38.